The lowest BCUT2D eigenvalue weighted by atomic mass is 10.0. The smallest absolute Gasteiger partial charge is 0.237 e. The first-order chi connectivity index (χ1) is 9.21. The minimum atomic E-state index is -0.441. The van der Waals surface area contributed by atoms with E-state index in [1.165, 1.54) is 4.90 Å². The fourth-order valence-corrected chi connectivity index (χ4v) is 2.90. The number of carbonyl (C=O) groups is 1. The molecular weight excluding hydrogens is 336 g/mol. The molecule has 0 fully saturated rings. The van der Waals surface area contributed by atoms with E-state index in [1.807, 2.05) is 26.0 Å². The summed E-state index contributed by atoms with van der Waals surface area (Å²) in [5, 5.41) is 2.94. The Morgan fingerprint density at radius 1 is 1.35 bits per heavy atom. The summed E-state index contributed by atoms with van der Waals surface area (Å²) < 4.78 is 0.982. The maximum Gasteiger partial charge on any atom is 0.237 e. The van der Waals surface area contributed by atoms with Gasteiger partial charge in [-0.3, -0.25) is 4.79 Å². The van der Waals surface area contributed by atoms with Crippen LogP contribution in [-0.4, -0.2) is 23.2 Å². The van der Waals surface area contributed by atoms with Crippen LogP contribution in [0.5, 0.6) is 0 Å². The minimum Gasteiger partial charge on any atom is -0.353 e. The van der Waals surface area contributed by atoms with Gasteiger partial charge in [0.2, 0.25) is 5.91 Å². The van der Waals surface area contributed by atoms with Crippen LogP contribution in [0.2, 0.25) is 0 Å². The zero-order valence-corrected chi connectivity index (χ0v) is 14.8. The standard InChI is InChI=1S/C15H23BrN2OS/c1-10(2)13(17)14(19)18-9-15(3,4)20-12-7-5-11(16)6-8-12/h5-8,10,13H,9,17H2,1-4H3,(H,18,19)/t13-/m0/s1. The largest absolute Gasteiger partial charge is 0.353 e. The van der Waals surface area contributed by atoms with Crippen molar-refractivity contribution in [3.63, 3.8) is 0 Å². The lowest BCUT2D eigenvalue weighted by Crippen LogP contribution is -2.47. The number of carbonyl (C=O) groups excluding carboxylic acids is 1. The van der Waals surface area contributed by atoms with Crippen LogP contribution < -0.4 is 11.1 Å². The van der Waals surface area contributed by atoms with Gasteiger partial charge in [-0.2, -0.15) is 0 Å². The van der Waals surface area contributed by atoms with E-state index >= 15 is 0 Å². The Balaban J connectivity index is 2.53. The third-order valence-corrected chi connectivity index (χ3v) is 4.65. The second-order valence-electron chi connectivity index (χ2n) is 5.80. The zero-order chi connectivity index (χ0) is 15.3. The Morgan fingerprint density at radius 2 is 1.90 bits per heavy atom. The molecule has 1 rings (SSSR count). The van der Waals surface area contributed by atoms with Crippen LogP contribution in [0, 0.1) is 5.92 Å². The maximum absolute atomic E-state index is 11.9. The van der Waals surface area contributed by atoms with E-state index in [2.05, 4.69) is 47.2 Å². The zero-order valence-electron chi connectivity index (χ0n) is 12.4. The first-order valence-corrected chi connectivity index (χ1v) is 8.30. The van der Waals surface area contributed by atoms with Gasteiger partial charge in [0.15, 0.2) is 0 Å². The monoisotopic (exact) mass is 358 g/mol. The minimum absolute atomic E-state index is 0.0792. The maximum atomic E-state index is 11.9. The van der Waals surface area contributed by atoms with Crippen molar-refractivity contribution in [3.05, 3.63) is 28.7 Å². The molecule has 0 aliphatic heterocycles. The first-order valence-electron chi connectivity index (χ1n) is 6.69. The van der Waals surface area contributed by atoms with Crippen molar-refractivity contribution in [2.24, 2.45) is 11.7 Å². The summed E-state index contributed by atoms with van der Waals surface area (Å²) in [5.74, 6) is 0.0710. The SMILES string of the molecule is CC(C)[C@H](N)C(=O)NCC(C)(C)Sc1ccc(Br)cc1. The molecular formula is C15H23BrN2OS. The van der Waals surface area contributed by atoms with Gasteiger partial charge < -0.3 is 11.1 Å². The number of halogens is 1. The van der Waals surface area contributed by atoms with Crippen LogP contribution in [0.25, 0.3) is 0 Å². The highest BCUT2D eigenvalue weighted by molar-refractivity contribution is 9.10. The lowest BCUT2D eigenvalue weighted by molar-refractivity contribution is -0.123. The Kier molecular flexibility index (Phi) is 6.55. The summed E-state index contributed by atoms with van der Waals surface area (Å²) in [7, 11) is 0. The average molecular weight is 359 g/mol. The van der Waals surface area contributed by atoms with Gasteiger partial charge in [-0.25, -0.2) is 0 Å². The molecule has 0 saturated carbocycles. The first kappa shape index (κ1) is 17.5. The molecule has 112 valence electrons. The van der Waals surface area contributed by atoms with Crippen LogP contribution in [-0.2, 0) is 4.79 Å². The third kappa shape index (κ3) is 5.85. The van der Waals surface area contributed by atoms with E-state index in [0.717, 1.165) is 4.47 Å². The molecule has 0 saturated heterocycles. The van der Waals surface area contributed by atoms with Gasteiger partial charge in [0, 0.05) is 20.7 Å². The molecule has 5 heteroatoms. The Bertz CT molecular complexity index is 446. The molecule has 0 aliphatic carbocycles. The van der Waals surface area contributed by atoms with Gasteiger partial charge in [0.1, 0.15) is 0 Å². The van der Waals surface area contributed by atoms with Gasteiger partial charge in [0.05, 0.1) is 6.04 Å². The predicted molar refractivity (Wildman–Crippen MR) is 89.9 cm³/mol. The van der Waals surface area contributed by atoms with Crippen molar-refractivity contribution in [1.29, 1.82) is 0 Å². The third-order valence-electron chi connectivity index (χ3n) is 2.92. The molecule has 0 bridgehead atoms. The van der Waals surface area contributed by atoms with E-state index in [4.69, 9.17) is 5.73 Å². The second kappa shape index (κ2) is 7.48. The van der Waals surface area contributed by atoms with Gasteiger partial charge >= 0.3 is 0 Å². The summed E-state index contributed by atoms with van der Waals surface area (Å²) >= 11 is 5.16. The van der Waals surface area contributed by atoms with Gasteiger partial charge in [0.25, 0.3) is 0 Å². The number of nitrogens with one attached hydrogen (secondary N) is 1. The molecule has 20 heavy (non-hydrogen) atoms. The molecule has 3 nitrogen and oxygen atoms in total. The molecule has 1 aromatic rings. The van der Waals surface area contributed by atoms with E-state index in [1.54, 1.807) is 11.8 Å². The molecule has 0 aromatic heterocycles. The van der Waals surface area contributed by atoms with Crippen molar-refractivity contribution in [2.45, 2.75) is 43.4 Å². The normalized spacial score (nSPS) is 13.3. The molecule has 0 aliphatic rings. The summed E-state index contributed by atoms with van der Waals surface area (Å²) in [6, 6.07) is 7.73. The quantitative estimate of drug-likeness (QED) is 0.766. The van der Waals surface area contributed by atoms with Crippen molar-refractivity contribution in [3.8, 4) is 0 Å². The fraction of sp³-hybridized carbons (Fsp3) is 0.533. The van der Waals surface area contributed by atoms with Crippen LogP contribution in [0.4, 0.5) is 0 Å². The molecule has 0 unspecified atom stereocenters. The number of benzene rings is 1. The van der Waals surface area contributed by atoms with E-state index in [9.17, 15) is 4.79 Å². The molecule has 1 amide bonds. The van der Waals surface area contributed by atoms with E-state index < -0.39 is 6.04 Å². The van der Waals surface area contributed by atoms with Gasteiger partial charge in [-0.05, 0) is 44.0 Å². The number of amides is 1. The summed E-state index contributed by atoms with van der Waals surface area (Å²) in [4.78, 5) is 13.1. The molecule has 0 spiro atoms. The highest BCUT2D eigenvalue weighted by atomic mass is 79.9. The topological polar surface area (TPSA) is 55.1 Å². The van der Waals surface area contributed by atoms with Crippen molar-refractivity contribution in [1.82, 2.24) is 5.32 Å². The predicted octanol–water partition coefficient (Wildman–Crippen LogP) is 3.42. The number of hydrogen-bond donors (Lipinski definition) is 2. The van der Waals surface area contributed by atoms with Crippen LogP contribution in [0.3, 0.4) is 0 Å². The van der Waals surface area contributed by atoms with Crippen molar-refractivity contribution in [2.75, 3.05) is 6.54 Å². The van der Waals surface area contributed by atoms with Gasteiger partial charge in [-0.1, -0.05) is 29.8 Å². The van der Waals surface area contributed by atoms with Gasteiger partial charge in [-0.15, -0.1) is 11.8 Å². The van der Waals surface area contributed by atoms with Crippen molar-refractivity contribution < 1.29 is 4.79 Å². The fourth-order valence-electron chi connectivity index (χ4n) is 1.58. The van der Waals surface area contributed by atoms with Crippen LogP contribution >= 0.6 is 27.7 Å². The van der Waals surface area contributed by atoms with E-state index in [-0.39, 0.29) is 16.6 Å². The molecule has 1 atom stereocenters. The molecule has 1 aromatic carbocycles. The number of hydrogen-bond acceptors (Lipinski definition) is 3. The Hall–Kier alpha value is -0.520. The lowest BCUT2D eigenvalue weighted by Gasteiger charge is -2.26. The van der Waals surface area contributed by atoms with Crippen LogP contribution in [0.15, 0.2) is 33.6 Å². The average Bonchev–Trinajstić information content (AvgIpc) is 2.37. The summed E-state index contributed by atoms with van der Waals surface area (Å²) in [6.45, 7) is 8.71. The van der Waals surface area contributed by atoms with Crippen LogP contribution in [0.1, 0.15) is 27.7 Å². The van der Waals surface area contributed by atoms with Crippen molar-refractivity contribution >= 4 is 33.6 Å². The number of rotatable bonds is 6. The summed E-state index contributed by atoms with van der Waals surface area (Å²) in [5.41, 5.74) is 5.83. The Labute approximate surface area is 134 Å². The number of thioether (sulfide) groups is 1. The number of nitrogens with two attached hydrogens (primary N) is 1. The molecule has 0 heterocycles. The van der Waals surface area contributed by atoms with E-state index in [0.29, 0.717) is 6.54 Å². The summed E-state index contributed by atoms with van der Waals surface area (Å²) in [6.07, 6.45) is 0. The molecule has 3 N–H and O–H groups in total. The highest BCUT2D eigenvalue weighted by Gasteiger charge is 2.23. The Morgan fingerprint density at radius 3 is 2.40 bits per heavy atom. The molecule has 0 radical (unpaired) electrons. The highest BCUT2D eigenvalue weighted by Crippen LogP contribution is 2.32. The second-order valence-corrected chi connectivity index (χ2v) is 8.50.